The number of carbonyl (C=O) groups is 1. The Hall–Kier alpha value is -2.23. The fraction of sp³-hybridized carbons (Fsp3) is 0.368. The third kappa shape index (κ3) is 4.26. The van der Waals surface area contributed by atoms with Gasteiger partial charge in [-0.3, -0.25) is 14.6 Å². The number of hydrogen-bond donors (Lipinski definition) is 2. The number of aromatic nitrogens is 2. The molecule has 0 bridgehead atoms. The molecule has 148 valence electrons. The highest BCUT2D eigenvalue weighted by atomic mass is 32.2. The van der Waals surface area contributed by atoms with Gasteiger partial charge in [-0.25, -0.2) is 13.4 Å². The summed E-state index contributed by atoms with van der Waals surface area (Å²) >= 11 is 1.47. The molecule has 2 N–H and O–H groups in total. The summed E-state index contributed by atoms with van der Waals surface area (Å²) < 4.78 is 26.7. The lowest BCUT2D eigenvalue weighted by Gasteiger charge is -2.22. The number of benzene rings is 1. The highest BCUT2D eigenvalue weighted by molar-refractivity contribution is 7.89. The standard InChI is InChI=1S/C19H22N4O3S2/c24-18(12-16-13-23-10-11-27-19(23)20-16)21-22-28(25,26)17-8-6-15(7-9-17)14-4-2-1-3-5-14/h6-11,13-14,22H,1-5,12H2,(H,21,24). The van der Waals surface area contributed by atoms with E-state index in [1.54, 1.807) is 18.3 Å². The van der Waals surface area contributed by atoms with Crippen LogP contribution in [0.15, 0.2) is 46.9 Å². The molecule has 0 radical (unpaired) electrons. The van der Waals surface area contributed by atoms with Crippen molar-refractivity contribution in [1.29, 1.82) is 0 Å². The van der Waals surface area contributed by atoms with Crippen LogP contribution < -0.4 is 10.3 Å². The fourth-order valence-electron chi connectivity index (χ4n) is 3.61. The van der Waals surface area contributed by atoms with Crippen molar-refractivity contribution in [2.24, 2.45) is 0 Å². The number of nitrogens with zero attached hydrogens (tertiary/aromatic N) is 2. The van der Waals surface area contributed by atoms with Gasteiger partial charge in [-0.2, -0.15) is 0 Å². The Labute approximate surface area is 167 Å². The summed E-state index contributed by atoms with van der Waals surface area (Å²) in [6.45, 7) is 0. The first kappa shape index (κ1) is 19.1. The molecule has 1 saturated carbocycles. The van der Waals surface area contributed by atoms with Gasteiger partial charge in [0.15, 0.2) is 4.96 Å². The number of hydrogen-bond acceptors (Lipinski definition) is 5. The average Bonchev–Trinajstić information content (AvgIpc) is 3.29. The highest BCUT2D eigenvalue weighted by Crippen LogP contribution is 2.32. The van der Waals surface area contributed by atoms with Crippen molar-refractivity contribution >= 4 is 32.2 Å². The van der Waals surface area contributed by atoms with Gasteiger partial charge < -0.3 is 0 Å². The molecule has 0 saturated heterocycles. The molecule has 0 unspecified atom stereocenters. The Bertz CT molecular complexity index is 1040. The number of imidazole rings is 1. The van der Waals surface area contributed by atoms with Crippen LogP contribution in [-0.2, 0) is 21.2 Å². The summed E-state index contributed by atoms with van der Waals surface area (Å²) in [5, 5.41) is 1.90. The third-order valence-corrected chi connectivity index (χ3v) is 7.11. The van der Waals surface area contributed by atoms with Crippen LogP contribution in [0.25, 0.3) is 4.96 Å². The summed E-state index contributed by atoms with van der Waals surface area (Å²) in [5.41, 5.74) is 4.03. The van der Waals surface area contributed by atoms with E-state index in [0.29, 0.717) is 11.6 Å². The van der Waals surface area contributed by atoms with Gasteiger partial charge in [0.25, 0.3) is 10.0 Å². The Morgan fingerprint density at radius 3 is 2.64 bits per heavy atom. The summed E-state index contributed by atoms with van der Waals surface area (Å²) in [7, 11) is -3.81. The SMILES string of the molecule is O=C(Cc1cn2ccsc2n1)NNS(=O)(=O)c1ccc(C2CCCCC2)cc1. The normalized spacial score (nSPS) is 15.7. The Kier molecular flexibility index (Phi) is 5.47. The van der Waals surface area contributed by atoms with Crippen LogP contribution in [0.4, 0.5) is 0 Å². The second-order valence-corrected chi connectivity index (χ2v) is 9.61. The lowest BCUT2D eigenvalue weighted by molar-refractivity contribution is -0.120. The van der Waals surface area contributed by atoms with E-state index in [0.717, 1.165) is 17.8 Å². The molecule has 1 aromatic carbocycles. The largest absolute Gasteiger partial charge is 0.297 e. The molecule has 1 fully saturated rings. The van der Waals surface area contributed by atoms with Crippen LogP contribution in [0.3, 0.4) is 0 Å². The number of fused-ring (bicyclic) bond motifs is 1. The van der Waals surface area contributed by atoms with Gasteiger partial charge in [-0.1, -0.05) is 31.4 Å². The van der Waals surface area contributed by atoms with E-state index in [2.05, 4.69) is 15.2 Å². The zero-order valence-electron chi connectivity index (χ0n) is 15.3. The number of thiazole rings is 1. The van der Waals surface area contributed by atoms with E-state index in [4.69, 9.17) is 0 Å². The number of carbonyl (C=O) groups excluding carboxylic acids is 1. The van der Waals surface area contributed by atoms with Crippen molar-refractivity contribution < 1.29 is 13.2 Å². The van der Waals surface area contributed by atoms with Crippen LogP contribution in [0.5, 0.6) is 0 Å². The first-order valence-electron chi connectivity index (χ1n) is 9.33. The molecule has 0 spiro atoms. The summed E-state index contributed by atoms with van der Waals surface area (Å²) in [6, 6.07) is 6.96. The minimum absolute atomic E-state index is 0.00244. The Balaban J connectivity index is 1.35. The third-order valence-electron chi connectivity index (χ3n) is 5.08. The average molecular weight is 419 g/mol. The van der Waals surface area contributed by atoms with Crippen LogP contribution >= 0.6 is 11.3 Å². The van der Waals surface area contributed by atoms with Gasteiger partial charge in [-0.05, 0) is 36.5 Å². The van der Waals surface area contributed by atoms with Gasteiger partial charge in [0.05, 0.1) is 17.0 Å². The topological polar surface area (TPSA) is 92.6 Å². The quantitative estimate of drug-likeness (QED) is 0.602. The van der Waals surface area contributed by atoms with E-state index in [9.17, 15) is 13.2 Å². The van der Waals surface area contributed by atoms with E-state index >= 15 is 0 Å². The molecule has 3 aromatic rings. The van der Waals surface area contributed by atoms with Crippen LogP contribution in [-0.4, -0.2) is 23.7 Å². The maximum absolute atomic E-state index is 12.4. The monoisotopic (exact) mass is 418 g/mol. The van der Waals surface area contributed by atoms with E-state index in [1.807, 2.05) is 28.1 Å². The minimum Gasteiger partial charge on any atom is -0.297 e. The second-order valence-electron chi connectivity index (χ2n) is 7.06. The molecule has 9 heteroatoms. The Morgan fingerprint density at radius 2 is 1.93 bits per heavy atom. The molecule has 1 aliphatic carbocycles. The molecule has 2 heterocycles. The Morgan fingerprint density at radius 1 is 1.18 bits per heavy atom. The smallest absolute Gasteiger partial charge is 0.257 e. The van der Waals surface area contributed by atoms with Crippen molar-refractivity contribution in [2.75, 3.05) is 0 Å². The maximum Gasteiger partial charge on any atom is 0.257 e. The van der Waals surface area contributed by atoms with Crippen molar-refractivity contribution in [3.63, 3.8) is 0 Å². The highest BCUT2D eigenvalue weighted by Gasteiger charge is 2.19. The maximum atomic E-state index is 12.4. The van der Waals surface area contributed by atoms with Crippen molar-refractivity contribution in [1.82, 2.24) is 19.6 Å². The molecule has 1 aliphatic rings. The van der Waals surface area contributed by atoms with E-state index < -0.39 is 15.9 Å². The second kappa shape index (κ2) is 8.02. The van der Waals surface area contributed by atoms with Crippen molar-refractivity contribution in [2.45, 2.75) is 49.3 Å². The minimum atomic E-state index is -3.81. The molecule has 2 aromatic heterocycles. The molecule has 28 heavy (non-hydrogen) atoms. The van der Waals surface area contributed by atoms with Gasteiger partial charge in [0, 0.05) is 17.8 Å². The van der Waals surface area contributed by atoms with E-state index in [1.165, 1.54) is 36.2 Å². The van der Waals surface area contributed by atoms with Gasteiger partial charge in [0.1, 0.15) is 0 Å². The lowest BCUT2D eigenvalue weighted by Crippen LogP contribution is -2.42. The summed E-state index contributed by atoms with van der Waals surface area (Å²) in [6.07, 6.45) is 9.66. The number of nitrogens with one attached hydrogen (secondary N) is 2. The first-order chi connectivity index (χ1) is 13.5. The molecule has 0 aliphatic heterocycles. The van der Waals surface area contributed by atoms with Gasteiger partial charge >= 0.3 is 0 Å². The predicted molar refractivity (Wildman–Crippen MR) is 108 cm³/mol. The molecular formula is C19H22N4O3S2. The number of amides is 1. The molecule has 0 atom stereocenters. The van der Waals surface area contributed by atoms with Gasteiger partial charge in [-0.15, -0.1) is 16.2 Å². The number of hydrazine groups is 1. The van der Waals surface area contributed by atoms with Crippen LogP contribution in [0.1, 0.15) is 49.3 Å². The van der Waals surface area contributed by atoms with Gasteiger partial charge in [0.2, 0.25) is 5.91 Å². The summed E-state index contributed by atoms with van der Waals surface area (Å²) in [4.78, 5) is 19.5. The van der Waals surface area contributed by atoms with Crippen molar-refractivity contribution in [3.05, 3.63) is 53.3 Å². The zero-order valence-corrected chi connectivity index (χ0v) is 16.9. The molecule has 1 amide bonds. The molecule has 4 rings (SSSR count). The predicted octanol–water partition coefficient (Wildman–Crippen LogP) is 3.00. The summed E-state index contributed by atoms with van der Waals surface area (Å²) in [5.74, 6) is 0.0517. The fourth-order valence-corrected chi connectivity index (χ4v) is 5.19. The van der Waals surface area contributed by atoms with E-state index in [-0.39, 0.29) is 11.3 Å². The number of sulfonamides is 1. The lowest BCUT2D eigenvalue weighted by atomic mass is 9.84. The van der Waals surface area contributed by atoms with Crippen LogP contribution in [0.2, 0.25) is 0 Å². The molecular weight excluding hydrogens is 396 g/mol. The van der Waals surface area contributed by atoms with Crippen molar-refractivity contribution in [3.8, 4) is 0 Å². The number of rotatable bonds is 6. The first-order valence-corrected chi connectivity index (χ1v) is 11.7. The zero-order chi connectivity index (χ0) is 19.6. The molecule has 7 nitrogen and oxygen atoms in total. The van der Waals surface area contributed by atoms with Crippen LogP contribution in [0, 0.1) is 0 Å².